The van der Waals surface area contributed by atoms with Crippen LogP contribution in [0.3, 0.4) is 0 Å². The molecule has 0 aliphatic rings. The SMILES string of the molecule is Cc1cccc(Cc2nc(CCNS(=O)(=O)c3cccc4cccnc34)n[nH]2)c1. The van der Waals surface area contributed by atoms with Crippen molar-refractivity contribution in [2.75, 3.05) is 6.54 Å². The van der Waals surface area contributed by atoms with Gasteiger partial charge in [0.15, 0.2) is 5.82 Å². The Morgan fingerprint density at radius 2 is 1.90 bits per heavy atom. The summed E-state index contributed by atoms with van der Waals surface area (Å²) in [6, 6.07) is 16.9. The number of sulfonamides is 1. The highest BCUT2D eigenvalue weighted by Gasteiger charge is 2.18. The molecule has 8 heteroatoms. The van der Waals surface area contributed by atoms with E-state index >= 15 is 0 Å². The van der Waals surface area contributed by atoms with Gasteiger partial charge in [-0.3, -0.25) is 10.1 Å². The summed E-state index contributed by atoms with van der Waals surface area (Å²) in [5, 5.41) is 7.91. The molecule has 0 saturated carbocycles. The topological polar surface area (TPSA) is 101 Å². The fraction of sp³-hybridized carbons (Fsp3) is 0.190. The summed E-state index contributed by atoms with van der Waals surface area (Å²) in [7, 11) is -3.68. The standard InChI is InChI=1S/C21H21N5O2S/c1-15-5-2-6-16(13-15)14-20-24-19(25-26-20)10-12-23-29(27,28)18-9-3-7-17-8-4-11-22-21(17)18/h2-9,11,13,23H,10,12,14H2,1H3,(H,24,25,26). The second-order valence-electron chi connectivity index (χ2n) is 6.84. The van der Waals surface area contributed by atoms with E-state index in [1.807, 2.05) is 37.3 Å². The summed E-state index contributed by atoms with van der Waals surface area (Å²) in [5.41, 5.74) is 2.80. The second kappa shape index (κ2) is 8.10. The molecule has 2 aromatic carbocycles. The number of pyridine rings is 1. The first kappa shape index (κ1) is 19.2. The number of para-hydroxylation sites is 1. The van der Waals surface area contributed by atoms with Crippen LogP contribution in [-0.4, -0.2) is 35.1 Å². The van der Waals surface area contributed by atoms with E-state index in [-0.39, 0.29) is 11.4 Å². The van der Waals surface area contributed by atoms with Crippen LogP contribution >= 0.6 is 0 Å². The van der Waals surface area contributed by atoms with Crippen molar-refractivity contribution >= 4 is 20.9 Å². The Kier molecular flexibility index (Phi) is 5.37. The molecular formula is C21H21N5O2S. The van der Waals surface area contributed by atoms with Crippen LogP contribution in [0.2, 0.25) is 0 Å². The Labute approximate surface area is 169 Å². The number of hydrogen-bond donors (Lipinski definition) is 2. The highest BCUT2D eigenvalue weighted by atomic mass is 32.2. The average molecular weight is 407 g/mol. The first-order valence-corrected chi connectivity index (χ1v) is 10.8. The predicted molar refractivity (Wildman–Crippen MR) is 111 cm³/mol. The Hall–Kier alpha value is -3.10. The number of rotatable bonds is 7. The predicted octanol–water partition coefficient (Wildman–Crippen LogP) is 2.77. The minimum absolute atomic E-state index is 0.172. The molecule has 0 amide bonds. The Morgan fingerprint density at radius 3 is 2.76 bits per heavy atom. The summed E-state index contributed by atoms with van der Waals surface area (Å²) in [5.74, 6) is 1.33. The first-order chi connectivity index (χ1) is 14.0. The summed E-state index contributed by atoms with van der Waals surface area (Å²) in [4.78, 5) is 8.85. The molecule has 0 radical (unpaired) electrons. The fourth-order valence-corrected chi connectivity index (χ4v) is 4.42. The average Bonchev–Trinajstić information content (AvgIpc) is 3.14. The van der Waals surface area contributed by atoms with Gasteiger partial charge < -0.3 is 0 Å². The van der Waals surface area contributed by atoms with Crippen LogP contribution in [0, 0.1) is 6.92 Å². The molecule has 148 valence electrons. The highest BCUT2D eigenvalue weighted by molar-refractivity contribution is 7.89. The normalized spacial score (nSPS) is 11.8. The zero-order valence-electron chi connectivity index (χ0n) is 16.0. The van der Waals surface area contributed by atoms with E-state index in [0.29, 0.717) is 24.2 Å². The van der Waals surface area contributed by atoms with Gasteiger partial charge in [0.2, 0.25) is 10.0 Å². The van der Waals surface area contributed by atoms with Crippen LogP contribution < -0.4 is 4.72 Å². The Bertz CT molecular complexity index is 1250. The van der Waals surface area contributed by atoms with Gasteiger partial charge in [-0.15, -0.1) is 0 Å². The smallest absolute Gasteiger partial charge is 0.242 e. The van der Waals surface area contributed by atoms with Crippen molar-refractivity contribution in [3.8, 4) is 0 Å². The second-order valence-corrected chi connectivity index (χ2v) is 8.58. The number of aromatic amines is 1. The maximum absolute atomic E-state index is 12.7. The number of nitrogens with zero attached hydrogens (tertiary/aromatic N) is 3. The van der Waals surface area contributed by atoms with Gasteiger partial charge in [0, 0.05) is 31.0 Å². The molecule has 2 N–H and O–H groups in total. The lowest BCUT2D eigenvalue weighted by molar-refractivity contribution is 0.581. The minimum atomic E-state index is -3.68. The molecule has 4 rings (SSSR count). The molecule has 0 unspecified atom stereocenters. The molecule has 4 aromatic rings. The summed E-state index contributed by atoms with van der Waals surface area (Å²) >= 11 is 0. The van der Waals surface area contributed by atoms with E-state index < -0.39 is 10.0 Å². The van der Waals surface area contributed by atoms with Crippen LogP contribution in [-0.2, 0) is 22.9 Å². The van der Waals surface area contributed by atoms with Gasteiger partial charge in [0.1, 0.15) is 10.7 Å². The van der Waals surface area contributed by atoms with Crippen LogP contribution in [0.25, 0.3) is 10.9 Å². The van der Waals surface area contributed by atoms with Crippen LogP contribution in [0.5, 0.6) is 0 Å². The Morgan fingerprint density at radius 1 is 1.07 bits per heavy atom. The lowest BCUT2D eigenvalue weighted by Gasteiger charge is -2.08. The number of hydrogen-bond acceptors (Lipinski definition) is 5. The Balaban J connectivity index is 1.40. The van der Waals surface area contributed by atoms with E-state index in [0.717, 1.165) is 16.8 Å². The molecule has 0 aliphatic heterocycles. The maximum Gasteiger partial charge on any atom is 0.242 e. The van der Waals surface area contributed by atoms with E-state index in [4.69, 9.17) is 0 Å². The lowest BCUT2D eigenvalue weighted by atomic mass is 10.1. The number of aromatic nitrogens is 4. The van der Waals surface area contributed by atoms with Gasteiger partial charge in [0.05, 0.1) is 5.52 Å². The summed E-state index contributed by atoms with van der Waals surface area (Å²) in [6.07, 6.45) is 2.63. The van der Waals surface area contributed by atoms with E-state index in [9.17, 15) is 8.42 Å². The van der Waals surface area contributed by atoms with Crippen molar-refractivity contribution < 1.29 is 8.42 Å². The van der Waals surface area contributed by atoms with Crippen molar-refractivity contribution in [1.82, 2.24) is 24.9 Å². The molecule has 0 bridgehead atoms. The quantitative estimate of drug-likeness (QED) is 0.491. The molecule has 0 saturated heterocycles. The highest BCUT2D eigenvalue weighted by Crippen LogP contribution is 2.20. The van der Waals surface area contributed by atoms with Crippen molar-refractivity contribution in [2.24, 2.45) is 0 Å². The monoisotopic (exact) mass is 407 g/mol. The molecule has 29 heavy (non-hydrogen) atoms. The van der Waals surface area contributed by atoms with Crippen molar-refractivity contribution in [2.45, 2.75) is 24.7 Å². The number of benzene rings is 2. The van der Waals surface area contributed by atoms with Gasteiger partial charge >= 0.3 is 0 Å². The third-order valence-corrected chi connectivity index (χ3v) is 6.05. The molecule has 2 heterocycles. The van der Waals surface area contributed by atoms with E-state index in [1.54, 1.807) is 24.4 Å². The molecule has 0 atom stereocenters. The minimum Gasteiger partial charge on any atom is -0.263 e. The fourth-order valence-electron chi connectivity index (χ4n) is 3.21. The zero-order valence-corrected chi connectivity index (χ0v) is 16.8. The molecule has 0 fully saturated rings. The van der Waals surface area contributed by atoms with E-state index in [1.165, 1.54) is 5.56 Å². The number of fused-ring (bicyclic) bond motifs is 1. The van der Waals surface area contributed by atoms with Crippen molar-refractivity contribution in [3.05, 3.63) is 83.6 Å². The first-order valence-electron chi connectivity index (χ1n) is 9.30. The zero-order chi connectivity index (χ0) is 20.3. The van der Waals surface area contributed by atoms with Gasteiger partial charge in [-0.05, 0) is 24.6 Å². The molecule has 0 spiro atoms. The van der Waals surface area contributed by atoms with Crippen LogP contribution in [0.15, 0.2) is 65.7 Å². The largest absolute Gasteiger partial charge is 0.263 e. The van der Waals surface area contributed by atoms with E-state index in [2.05, 4.69) is 31.0 Å². The van der Waals surface area contributed by atoms with Gasteiger partial charge in [-0.25, -0.2) is 18.1 Å². The van der Waals surface area contributed by atoms with Gasteiger partial charge in [-0.2, -0.15) is 5.10 Å². The molecule has 0 aliphatic carbocycles. The molecule has 7 nitrogen and oxygen atoms in total. The van der Waals surface area contributed by atoms with Crippen molar-refractivity contribution in [1.29, 1.82) is 0 Å². The number of nitrogens with one attached hydrogen (secondary N) is 2. The number of H-pyrrole nitrogens is 1. The third-order valence-electron chi connectivity index (χ3n) is 4.56. The number of aryl methyl sites for hydroxylation is 1. The van der Waals surface area contributed by atoms with Crippen LogP contribution in [0.1, 0.15) is 22.8 Å². The lowest BCUT2D eigenvalue weighted by Crippen LogP contribution is -2.26. The maximum atomic E-state index is 12.7. The molecule has 2 aromatic heterocycles. The van der Waals surface area contributed by atoms with Crippen molar-refractivity contribution in [3.63, 3.8) is 0 Å². The summed E-state index contributed by atoms with van der Waals surface area (Å²) in [6.45, 7) is 2.25. The third kappa shape index (κ3) is 4.49. The van der Waals surface area contributed by atoms with Crippen LogP contribution in [0.4, 0.5) is 0 Å². The van der Waals surface area contributed by atoms with Gasteiger partial charge in [0.25, 0.3) is 0 Å². The molecular weight excluding hydrogens is 386 g/mol. The summed E-state index contributed by atoms with van der Waals surface area (Å²) < 4.78 is 28.1. The van der Waals surface area contributed by atoms with Gasteiger partial charge in [-0.1, -0.05) is 48.0 Å².